The lowest BCUT2D eigenvalue weighted by molar-refractivity contribution is -0.132. The van der Waals surface area contributed by atoms with E-state index >= 15 is 0 Å². The number of rotatable bonds is 5. The van der Waals surface area contributed by atoms with Gasteiger partial charge >= 0.3 is 0 Å². The van der Waals surface area contributed by atoms with Gasteiger partial charge < -0.3 is 9.80 Å². The molecule has 148 valence electrons. The minimum Gasteiger partial charge on any atom is -0.359 e. The van der Waals surface area contributed by atoms with E-state index in [1.54, 1.807) is 4.90 Å². The van der Waals surface area contributed by atoms with Gasteiger partial charge in [0.05, 0.1) is 18.1 Å². The largest absolute Gasteiger partial charge is 0.359 e. The number of benzene rings is 2. The molecule has 0 radical (unpaired) electrons. The number of carbonyl (C=O) groups is 1. The lowest BCUT2D eigenvalue weighted by Crippen LogP contribution is -2.47. The zero-order valence-electron chi connectivity index (χ0n) is 16.1. The van der Waals surface area contributed by atoms with Crippen LogP contribution in [0, 0.1) is 0 Å². The topological polar surface area (TPSA) is 57.7 Å². The molecule has 0 bridgehead atoms. The maximum atomic E-state index is 13.3. The summed E-state index contributed by atoms with van der Waals surface area (Å²) in [4.78, 5) is 17.3. The van der Waals surface area contributed by atoms with Crippen LogP contribution < -0.4 is 4.90 Å². The standard InChI is InChI=1S/C22H26N2O3S/c1-17-13-19-9-5-6-10-21(19)23(17)15-22(25)24(14-18-7-3-2-4-8-18)20-11-12-28(26,27)16-20/h2-10,17,20H,11-16H2,1H3/t17-,20+/m0/s1. The van der Waals surface area contributed by atoms with Crippen LogP contribution in [0.4, 0.5) is 5.69 Å². The van der Waals surface area contributed by atoms with Crippen LogP contribution in [-0.4, -0.2) is 49.4 Å². The molecule has 28 heavy (non-hydrogen) atoms. The van der Waals surface area contributed by atoms with Crippen molar-refractivity contribution in [2.24, 2.45) is 0 Å². The van der Waals surface area contributed by atoms with Gasteiger partial charge in [0.1, 0.15) is 0 Å². The fourth-order valence-corrected chi connectivity index (χ4v) is 6.06. The Bertz CT molecular complexity index is 959. The van der Waals surface area contributed by atoms with Gasteiger partial charge in [-0.15, -0.1) is 0 Å². The lowest BCUT2D eigenvalue weighted by atomic mass is 10.1. The number of anilines is 1. The van der Waals surface area contributed by atoms with E-state index < -0.39 is 9.84 Å². The van der Waals surface area contributed by atoms with Crippen molar-refractivity contribution in [1.82, 2.24) is 4.90 Å². The van der Waals surface area contributed by atoms with Crippen LogP contribution >= 0.6 is 0 Å². The maximum Gasteiger partial charge on any atom is 0.242 e. The number of nitrogens with zero attached hydrogens (tertiary/aromatic N) is 2. The van der Waals surface area contributed by atoms with Crippen molar-refractivity contribution in [3.63, 3.8) is 0 Å². The minimum atomic E-state index is -3.06. The molecule has 2 aliphatic rings. The predicted molar refractivity (Wildman–Crippen MR) is 111 cm³/mol. The van der Waals surface area contributed by atoms with Gasteiger partial charge in [-0.2, -0.15) is 0 Å². The number of fused-ring (bicyclic) bond motifs is 1. The van der Waals surface area contributed by atoms with E-state index in [9.17, 15) is 13.2 Å². The van der Waals surface area contributed by atoms with Crippen LogP contribution in [0.2, 0.25) is 0 Å². The summed E-state index contributed by atoms with van der Waals surface area (Å²) in [6.07, 6.45) is 1.45. The first-order chi connectivity index (χ1) is 13.4. The second kappa shape index (κ2) is 7.59. The Kier molecular flexibility index (Phi) is 5.15. The third-order valence-corrected chi connectivity index (χ3v) is 7.57. The molecular weight excluding hydrogens is 372 g/mol. The maximum absolute atomic E-state index is 13.3. The number of para-hydroxylation sites is 1. The number of amides is 1. The molecule has 0 aromatic heterocycles. The van der Waals surface area contributed by atoms with E-state index in [1.807, 2.05) is 42.5 Å². The number of hydrogen-bond donors (Lipinski definition) is 0. The number of hydrogen-bond acceptors (Lipinski definition) is 4. The van der Waals surface area contributed by atoms with Gasteiger partial charge in [0, 0.05) is 24.3 Å². The van der Waals surface area contributed by atoms with Crippen molar-refractivity contribution >= 4 is 21.4 Å². The molecule has 2 aromatic rings. The van der Waals surface area contributed by atoms with Crippen LogP contribution in [0.15, 0.2) is 54.6 Å². The van der Waals surface area contributed by atoms with Gasteiger partial charge in [-0.1, -0.05) is 48.5 Å². The molecule has 6 heteroatoms. The normalized spacial score (nSPS) is 22.8. The summed E-state index contributed by atoms with van der Waals surface area (Å²) in [6, 6.07) is 18.0. The highest BCUT2D eigenvalue weighted by Crippen LogP contribution is 2.32. The summed E-state index contributed by atoms with van der Waals surface area (Å²) in [6.45, 7) is 2.86. The first kappa shape index (κ1) is 19.0. The highest BCUT2D eigenvalue weighted by Gasteiger charge is 2.36. The summed E-state index contributed by atoms with van der Waals surface area (Å²) >= 11 is 0. The van der Waals surface area contributed by atoms with Crippen LogP contribution in [0.1, 0.15) is 24.5 Å². The SMILES string of the molecule is C[C@H]1Cc2ccccc2N1CC(=O)N(Cc1ccccc1)[C@@H]1CCS(=O)(=O)C1. The van der Waals surface area contributed by atoms with E-state index in [1.165, 1.54) is 5.56 Å². The van der Waals surface area contributed by atoms with E-state index in [2.05, 4.69) is 24.0 Å². The molecule has 5 nitrogen and oxygen atoms in total. The Hall–Kier alpha value is -2.34. The van der Waals surface area contributed by atoms with Gasteiger partial charge in [0.2, 0.25) is 5.91 Å². The average molecular weight is 399 g/mol. The van der Waals surface area contributed by atoms with Crippen molar-refractivity contribution in [3.8, 4) is 0 Å². The van der Waals surface area contributed by atoms with Crippen molar-refractivity contribution in [3.05, 3.63) is 65.7 Å². The fourth-order valence-electron chi connectivity index (χ4n) is 4.33. The van der Waals surface area contributed by atoms with Gasteiger partial charge in [-0.25, -0.2) is 8.42 Å². The molecule has 0 saturated carbocycles. The van der Waals surface area contributed by atoms with Crippen molar-refractivity contribution < 1.29 is 13.2 Å². The monoisotopic (exact) mass is 398 g/mol. The van der Waals surface area contributed by atoms with Gasteiger partial charge in [-0.3, -0.25) is 4.79 Å². The highest BCUT2D eigenvalue weighted by molar-refractivity contribution is 7.91. The van der Waals surface area contributed by atoms with Crippen molar-refractivity contribution in [2.45, 2.75) is 38.4 Å². The molecule has 0 spiro atoms. The molecule has 0 N–H and O–H groups in total. The second-order valence-corrected chi connectivity index (χ2v) is 10.1. The zero-order valence-corrected chi connectivity index (χ0v) is 16.9. The smallest absolute Gasteiger partial charge is 0.242 e. The summed E-state index contributed by atoms with van der Waals surface area (Å²) in [7, 11) is -3.06. The Labute approximate surface area is 166 Å². The van der Waals surface area contributed by atoms with Gasteiger partial charge in [0.15, 0.2) is 9.84 Å². The zero-order chi connectivity index (χ0) is 19.7. The Balaban J connectivity index is 1.56. The fraction of sp³-hybridized carbons (Fsp3) is 0.409. The number of sulfone groups is 1. The molecule has 1 fully saturated rings. The van der Waals surface area contributed by atoms with E-state index in [4.69, 9.17) is 0 Å². The third kappa shape index (κ3) is 3.92. The van der Waals surface area contributed by atoms with Crippen LogP contribution in [0.3, 0.4) is 0 Å². The van der Waals surface area contributed by atoms with Crippen molar-refractivity contribution in [1.29, 1.82) is 0 Å². The number of carbonyl (C=O) groups excluding carboxylic acids is 1. The van der Waals surface area contributed by atoms with Crippen LogP contribution in [0.25, 0.3) is 0 Å². The third-order valence-electron chi connectivity index (χ3n) is 5.82. The summed E-state index contributed by atoms with van der Waals surface area (Å²) in [5, 5.41) is 0. The van der Waals surface area contributed by atoms with E-state index in [-0.39, 0.29) is 36.0 Å². The van der Waals surface area contributed by atoms with Gasteiger partial charge in [0.25, 0.3) is 0 Å². The van der Waals surface area contributed by atoms with E-state index in [0.717, 1.165) is 17.7 Å². The Morgan fingerprint density at radius 2 is 1.82 bits per heavy atom. The lowest BCUT2D eigenvalue weighted by Gasteiger charge is -2.32. The van der Waals surface area contributed by atoms with Crippen LogP contribution in [0.5, 0.6) is 0 Å². The first-order valence-corrected chi connectivity index (χ1v) is 11.6. The molecule has 2 atom stereocenters. The molecule has 0 aliphatic carbocycles. The molecular formula is C22H26N2O3S. The molecule has 0 unspecified atom stereocenters. The predicted octanol–water partition coefficient (Wildman–Crippen LogP) is 2.65. The van der Waals surface area contributed by atoms with E-state index in [0.29, 0.717) is 13.0 Å². The summed E-state index contributed by atoms with van der Waals surface area (Å²) < 4.78 is 24.1. The van der Waals surface area contributed by atoms with Gasteiger partial charge in [-0.05, 0) is 37.0 Å². The molecule has 1 saturated heterocycles. The molecule has 2 aliphatic heterocycles. The second-order valence-electron chi connectivity index (χ2n) is 7.87. The molecule has 4 rings (SSSR count). The minimum absolute atomic E-state index is 0.00509. The molecule has 2 heterocycles. The Morgan fingerprint density at radius 1 is 1.11 bits per heavy atom. The Morgan fingerprint density at radius 3 is 2.54 bits per heavy atom. The molecule has 2 aromatic carbocycles. The first-order valence-electron chi connectivity index (χ1n) is 9.81. The summed E-state index contributed by atoms with van der Waals surface area (Å²) in [5.74, 6) is 0.228. The highest BCUT2D eigenvalue weighted by atomic mass is 32.2. The quantitative estimate of drug-likeness (QED) is 0.777. The average Bonchev–Trinajstić information content (AvgIpc) is 3.19. The molecule has 1 amide bonds. The van der Waals surface area contributed by atoms with Crippen molar-refractivity contribution in [2.75, 3.05) is 23.0 Å². The van der Waals surface area contributed by atoms with Crippen LogP contribution in [-0.2, 0) is 27.6 Å². The summed E-state index contributed by atoms with van der Waals surface area (Å²) in [5.41, 5.74) is 3.40.